The fourth-order valence-corrected chi connectivity index (χ4v) is 3.27. The molecule has 23 heavy (non-hydrogen) atoms. The molecule has 2 aromatic heterocycles. The molecule has 7 heteroatoms. The van der Waals surface area contributed by atoms with Crippen LogP contribution in [0.2, 0.25) is 0 Å². The van der Waals surface area contributed by atoms with Gasteiger partial charge in [-0.05, 0) is 39.3 Å². The van der Waals surface area contributed by atoms with Crippen LogP contribution in [0.3, 0.4) is 0 Å². The Morgan fingerprint density at radius 2 is 2.22 bits per heavy atom. The van der Waals surface area contributed by atoms with Crippen LogP contribution in [0.4, 0.5) is 0 Å². The first-order valence-electron chi connectivity index (χ1n) is 8.42. The number of likely N-dealkylation sites (N-methyl/N-ethyl adjacent to an activating group) is 1. The van der Waals surface area contributed by atoms with Crippen LogP contribution in [0.25, 0.3) is 0 Å². The van der Waals surface area contributed by atoms with Crippen molar-refractivity contribution in [2.75, 3.05) is 20.1 Å². The third kappa shape index (κ3) is 3.61. The summed E-state index contributed by atoms with van der Waals surface area (Å²) in [5.74, 6) is 2.18. The van der Waals surface area contributed by atoms with E-state index in [0.29, 0.717) is 12.0 Å². The Hall–Kier alpha value is -1.73. The summed E-state index contributed by atoms with van der Waals surface area (Å²) < 4.78 is 10.3. The summed E-state index contributed by atoms with van der Waals surface area (Å²) >= 11 is 0. The van der Waals surface area contributed by atoms with Crippen LogP contribution >= 0.6 is 0 Å². The maximum Gasteiger partial charge on any atom is 0.229 e. The van der Waals surface area contributed by atoms with Crippen molar-refractivity contribution in [3.63, 3.8) is 0 Å². The first-order valence-corrected chi connectivity index (χ1v) is 8.42. The monoisotopic (exact) mass is 317 g/mol. The van der Waals surface area contributed by atoms with Crippen molar-refractivity contribution in [1.29, 1.82) is 0 Å². The van der Waals surface area contributed by atoms with Crippen molar-refractivity contribution >= 4 is 0 Å². The summed E-state index contributed by atoms with van der Waals surface area (Å²) in [7, 11) is 2.16. The Morgan fingerprint density at radius 3 is 3.00 bits per heavy atom. The van der Waals surface area contributed by atoms with Gasteiger partial charge in [0.25, 0.3) is 0 Å². The van der Waals surface area contributed by atoms with Gasteiger partial charge in [-0.25, -0.2) is 0 Å². The summed E-state index contributed by atoms with van der Waals surface area (Å²) in [5, 5.41) is 8.14. The molecule has 3 heterocycles. The number of hydrogen-bond acceptors (Lipinski definition) is 7. The van der Waals surface area contributed by atoms with Crippen LogP contribution in [0.1, 0.15) is 49.0 Å². The fraction of sp³-hybridized carbons (Fsp3) is 0.688. The lowest BCUT2D eigenvalue weighted by Crippen LogP contribution is -2.45. The summed E-state index contributed by atoms with van der Waals surface area (Å²) in [5.41, 5.74) is 0.983. The predicted molar refractivity (Wildman–Crippen MR) is 82.5 cm³/mol. The zero-order chi connectivity index (χ0) is 15.6. The standard InChI is InChI=1S/C16H23N5O2/c1-20(9-13-6-8-22-18-13)14-3-2-7-21(10-14)11-15-17-16(23-19-15)12-4-5-12/h6,8,12,14H,2-5,7,9-11H2,1H3. The van der Waals surface area contributed by atoms with E-state index in [-0.39, 0.29) is 0 Å². The van der Waals surface area contributed by atoms with Crippen LogP contribution in [-0.4, -0.2) is 51.3 Å². The molecule has 2 fully saturated rings. The van der Waals surface area contributed by atoms with E-state index in [2.05, 4.69) is 32.1 Å². The molecule has 0 bridgehead atoms. The molecule has 1 unspecified atom stereocenters. The Labute approximate surface area is 135 Å². The van der Waals surface area contributed by atoms with Crippen LogP contribution in [-0.2, 0) is 13.1 Å². The quantitative estimate of drug-likeness (QED) is 0.807. The summed E-state index contributed by atoms with van der Waals surface area (Å²) in [6.45, 7) is 3.73. The molecule has 124 valence electrons. The summed E-state index contributed by atoms with van der Waals surface area (Å²) in [6.07, 6.45) is 6.43. The molecule has 4 rings (SSSR count). The SMILES string of the molecule is CN(Cc1ccon1)C1CCCN(Cc2noc(C3CC3)n2)C1. The molecule has 0 spiro atoms. The zero-order valence-electron chi connectivity index (χ0n) is 13.5. The van der Waals surface area contributed by atoms with Gasteiger partial charge in [-0.3, -0.25) is 9.80 Å². The van der Waals surface area contributed by atoms with Gasteiger partial charge in [0, 0.05) is 31.1 Å². The second kappa shape index (κ2) is 6.41. The van der Waals surface area contributed by atoms with Gasteiger partial charge in [-0.2, -0.15) is 4.98 Å². The van der Waals surface area contributed by atoms with E-state index in [4.69, 9.17) is 9.05 Å². The number of aromatic nitrogens is 3. The van der Waals surface area contributed by atoms with Gasteiger partial charge >= 0.3 is 0 Å². The molecule has 1 aliphatic heterocycles. The maximum atomic E-state index is 5.36. The molecular weight excluding hydrogens is 294 g/mol. The van der Waals surface area contributed by atoms with Gasteiger partial charge < -0.3 is 9.05 Å². The molecule has 0 N–H and O–H groups in total. The molecule has 2 aliphatic rings. The Kier molecular flexibility index (Phi) is 4.13. The largest absolute Gasteiger partial charge is 0.364 e. The van der Waals surface area contributed by atoms with Gasteiger partial charge in [-0.1, -0.05) is 10.3 Å². The highest BCUT2D eigenvalue weighted by atomic mass is 16.5. The van der Waals surface area contributed by atoms with E-state index < -0.39 is 0 Å². The molecule has 0 aromatic carbocycles. The molecule has 1 saturated carbocycles. The van der Waals surface area contributed by atoms with E-state index in [1.807, 2.05) is 6.07 Å². The van der Waals surface area contributed by atoms with E-state index in [9.17, 15) is 0 Å². The Balaban J connectivity index is 1.32. The van der Waals surface area contributed by atoms with E-state index in [0.717, 1.165) is 43.6 Å². The van der Waals surface area contributed by atoms with Crippen LogP contribution in [0, 0.1) is 0 Å². The van der Waals surface area contributed by atoms with Crippen molar-refractivity contribution in [2.24, 2.45) is 0 Å². The number of piperidine rings is 1. The lowest BCUT2D eigenvalue weighted by atomic mass is 10.0. The average molecular weight is 317 g/mol. The van der Waals surface area contributed by atoms with E-state index in [1.165, 1.54) is 25.7 Å². The minimum atomic E-state index is 0.523. The topological polar surface area (TPSA) is 71.4 Å². The molecular formula is C16H23N5O2. The Bertz CT molecular complexity index is 622. The third-order valence-electron chi connectivity index (χ3n) is 4.78. The molecule has 0 amide bonds. The third-order valence-corrected chi connectivity index (χ3v) is 4.78. The number of rotatable bonds is 6. The van der Waals surface area contributed by atoms with Crippen LogP contribution in [0.5, 0.6) is 0 Å². The first-order chi connectivity index (χ1) is 11.3. The van der Waals surface area contributed by atoms with Crippen molar-refractivity contribution < 1.29 is 9.05 Å². The highest BCUT2D eigenvalue weighted by Crippen LogP contribution is 2.38. The summed E-state index contributed by atoms with van der Waals surface area (Å²) in [4.78, 5) is 9.32. The highest BCUT2D eigenvalue weighted by molar-refractivity contribution is 5.02. The van der Waals surface area contributed by atoms with Gasteiger partial charge in [0.05, 0.1) is 12.2 Å². The number of nitrogens with zero attached hydrogens (tertiary/aromatic N) is 5. The normalized spacial score (nSPS) is 22.8. The minimum Gasteiger partial charge on any atom is -0.364 e. The molecule has 1 aliphatic carbocycles. The van der Waals surface area contributed by atoms with E-state index in [1.54, 1.807) is 6.26 Å². The maximum absolute atomic E-state index is 5.36. The first kappa shape index (κ1) is 14.8. The van der Waals surface area contributed by atoms with E-state index >= 15 is 0 Å². The minimum absolute atomic E-state index is 0.523. The van der Waals surface area contributed by atoms with Crippen LogP contribution < -0.4 is 0 Å². The Morgan fingerprint density at radius 1 is 1.30 bits per heavy atom. The smallest absolute Gasteiger partial charge is 0.229 e. The van der Waals surface area contributed by atoms with Gasteiger partial charge in [-0.15, -0.1) is 0 Å². The average Bonchev–Trinajstić information content (AvgIpc) is 3.09. The number of hydrogen-bond donors (Lipinski definition) is 0. The lowest BCUT2D eigenvalue weighted by molar-refractivity contribution is 0.103. The second-order valence-corrected chi connectivity index (χ2v) is 6.76. The molecule has 7 nitrogen and oxygen atoms in total. The predicted octanol–water partition coefficient (Wildman–Crippen LogP) is 2.03. The van der Waals surface area contributed by atoms with Crippen molar-refractivity contribution in [3.8, 4) is 0 Å². The molecule has 2 aromatic rings. The van der Waals surface area contributed by atoms with Gasteiger partial charge in [0.1, 0.15) is 6.26 Å². The molecule has 1 saturated heterocycles. The fourth-order valence-electron chi connectivity index (χ4n) is 3.27. The molecule has 0 radical (unpaired) electrons. The lowest BCUT2D eigenvalue weighted by Gasteiger charge is -2.36. The number of likely N-dealkylation sites (tertiary alicyclic amines) is 1. The van der Waals surface area contributed by atoms with Crippen molar-refractivity contribution in [1.82, 2.24) is 25.1 Å². The zero-order valence-corrected chi connectivity index (χ0v) is 13.5. The van der Waals surface area contributed by atoms with Gasteiger partial charge in [0.15, 0.2) is 5.82 Å². The van der Waals surface area contributed by atoms with Gasteiger partial charge in [0.2, 0.25) is 5.89 Å². The molecule has 1 atom stereocenters. The highest BCUT2D eigenvalue weighted by Gasteiger charge is 2.30. The summed E-state index contributed by atoms with van der Waals surface area (Å²) in [6, 6.07) is 2.45. The second-order valence-electron chi connectivity index (χ2n) is 6.76. The van der Waals surface area contributed by atoms with Crippen molar-refractivity contribution in [3.05, 3.63) is 29.7 Å². The van der Waals surface area contributed by atoms with Crippen LogP contribution in [0.15, 0.2) is 21.4 Å². The van der Waals surface area contributed by atoms with Crippen molar-refractivity contribution in [2.45, 2.75) is 50.7 Å².